The van der Waals surface area contributed by atoms with Gasteiger partial charge in [-0.15, -0.1) is 0 Å². The van der Waals surface area contributed by atoms with Crippen LogP contribution in [0.15, 0.2) is 48.8 Å². The maximum atomic E-state index is 9.33. The van der Waals surface area contributed by atoms with Gasteiger partial charge >= 0.3 is 0 Å². The lowest BCUT2D eigenvalue weighted by Crippen LogP contribution is -2.18. The van der Waals surface area contributed by atoms with Gasteiger partial charge in [-0.05, 0) is 62.3 Å². The molecule has 33 heavy (non-hydrogen) atoms. The van der Waals surface area contributed by atoms with E-state index >= 15 is 0 Å². The number of aromatic nitrogens is 4. The van der Waals surface area contributed by atoms with Gasteiger partial charge in [0.2, 0.25) is 0 Å². The number of rotatable bonds is 6. The molecule has 0 radical (unpaired) electrons. The fraction of sp³-hybridized carbons (Fsp3) is 0.292. The van der Waals surface area contributed by atoms with Gasteiger partial charge in [-0.3, -0.25) is 14.3 Å². The lowest BCUT2D eigenvalue weighted by atomic mass is 10.1. The summed E-state index contributed by atoms with van der Waals surface area (Å²) in [5, 5.41) is 16.2. The standard InChI is InChI=1S/C23H25N5O2.CH2O2/c1-30-21-7-4-16(12-17(21)14-27-9-2-3-10-27)23-24-8-11-28(23)18-5-6-19-20(13-18)26-22(15-29)25-19;2-1-3/h4-8,11-13,29H,2-3,9-10,14-15H2,1H3,(H,25,26);1H,(H,2,3). The number of nitrogens with zero attached hydrogens (tertiary/aromatic N) is 4. The van der Waals surface area contributed by atoms with Gasteiger partial charge in [0.05, 0.1) is 18.1 Å². The maximum absolute atomic E-state index is 9.33. The van der Waals surface area contributed by atoms with E-state index in [4.69, 9.17) is 14.6 Å². The molecule has 9 nitrogen and oxygen atoms in total. The van der Waals surface area contributed by atoms with Crippen LogP contribution >= 0.6 is 0 Å². The minimum absolute atomic E-state index is 0.105. The largest absolute Gasteiger partial charge is 0.496 e. The zero-order valence-electron chi connectivity index (χ0n) is 18.4. The third-order valence-corrected chi connectivity index (χ3v) is 5.71. The number of aliphatic hydroxyl groups excluding tert-OH is 1. The second kappa shape index (κ2) is 10.3. The molecule has 3 N–H and O–H groups in total. The molecule has 1 fully saturated rings. The summed E-state index contributed by atoms with van der Waals surface area (Å²) >= 11 is 0. The summed E-state index contributed by atoms with van der Waals surface area (Å²) in [4.78, 5) is 23.0. The third kappa shape index (κ3) is 4.89. The predicted octanol–water partition coefficient (Wildman–Crippen LogP) is 3.21. The van der Waals surface area contributed by atoms with Crippen molar-refractivity contribution in [1.29, 1.82) is 0 Å². The van der Waals surface area contributed by atoms with E-state index in [0.717, 1.165) is 53.5 Å². The Hall–Kier alpha value is -3.69. The first-order valence-corrected chi connectivity index (χ1v) is 10.8. The molecule has 2 aromatic carbocycles. The Labute approximate surface area is 191 Å². The van der Waals surface area contributed by atoms with E-state index in [1.165, 1.54) is 18.4 Å². The topological polar surface area (TPSA) is 117 Å². The number of aromatic amines is 1. The zero-order chi connectivity index (χ0) is 23.2. The van der Waals surface area contributed by atoms with Crippen LogP contribution in [0, 0.1) is 0 Å². The van der Waals surface area contributed by atoms with Crippen LogP contribution in [0.5, 0.6) is 5.75 Å². The molecule has 0 saturated carbocycles. The zero-order valence-corrected chi connectivity index (χ0v) is 18.4. The Balaban J connectivity index is 0.000000821. The highest BCUT2D eigenvalue weighted by Gasteiger charge is 2.17. The Bertz CT molecular complexity index is 1230. The van der Waals surface area contributed by atoms with Gasteiger partial charge in [0.15, 0.2) is 0 Å². The third-order valence-electron chi connectivity index (χ3n) is 5.71. The van der Waals surface area contributed by atoms with Gasteiger partial charge in [-0.1, -0.05) is 0 Å². The Morgan fingerprint density at radius 2 is 1.97 bits per heavy atom. The number of ether oxygens (including phenoxy) is 1. The normalized spacial score (nSPS) is 13.6. The molecule has 1 saturated heterocycles. The van der Waals surface area contributed by atoms with E-state index in [1.807, 2.05) is 36.7 Å². The number of carbonyl (C=O) groups is 1. The predicted molar refractivity (Wildman–Crippen MR) is 124 cm³/mol. The van der Waals surface area contributed by atoms with Crippen molar-refractivity contribution in [2.24, 2.45) is 0 Å². The van der Waals surface area contributed by atoms with Gasteiger partial charge in [0.25, 0.3) is 6.47 Å². The lowest BCUT2D eigenvalue weighted by Gasteiger charge is -2.18. The summed E-state index contributed by atoms with van der Waals surface area (Å²) in [7, 11) is 1.73. The van der Waals surface area contributed by atoms with Crippen molar-refractivity contribution >= 4 is 17.5 Å². The summed E-state index contributed by atoms with van der Waals surface area (Å²) in [6, 6.07) is 12.3. The fourth-order valence-electron chi connectivity index (χ4n) is 4.22. The smallest absolute Gasteiger partial charge is 0.290 e. The number of hydrogen-bond acceptors (Lipinski definition) is 6. The molecule has 0 amide bonds. The van der Waals surface area contributed by atoms with Gasteiger partial charge in [-0.25, -0.2) is 9.97 Å². The number of nitrogens with one attached hydrogen (secondary N) is 1. The molecule has 9 heteroatoms. The van der Waals surface area contributed by atoms with Crippen LogP contribution in [0.4, 0.5) is 0 Å². The minimum atomic E-state index is -0.250. The van der Waals surface area contributed by atoms with Crippen molar-refractivity contribution in [3.63, 3.8) is 0 Å². The maximum Gasteiger partial charge on any atom is 0.290 e. The van der Waals surface area contributed by atoms with Crippen LogP contribution < -0.4 is 4.74 Å². The van der Waals surface area contributed by atoms with Crippen LogP contribution in [0.3, 0.4) is 0 Å². The molecular weight excluding hydrogens is 422 g/mol. The Kier molecular flexibility index (Phi) is 7.01. The second-order valence-electron chi connectivity index (χ2n) is 7.78. The number of benzene rings is 2. The average molecular weight is 450 g/mol. The number of aliphatic hydroxyl groups is 1. The fourth-order valence-corrected chi connectivity index (χ4v) is 4.22. The molecule has 1 aliphatic rings. The molecular formula is C24H27N5O4. The molecule has 5 rings (SSSR count). The summed E-state index contributed by atoms with van der Waals surface area (Å²) in [5.41, 5.74) is 4.95. The summed E-state index contributed by atoms with van der Waals surface area (Å²) < 4.78 is 7.69. The van der Waals surface area contributed by atoms with E-state index < -0.39 is 0 Å². The van der Waals surface area contributed by atoms with Crippen LogP contribution in [-0.2, 0) is 17.9 Å². The number of methoxy groups -OCH3 is 1. The van der Waals surface area contributed by atoms with E-state index in [0.29, 0.717) is 5.82 Å². The van der Waals surface area contributed by atoms with Crippen LogP contribution in [0.1, 0.15) is 24.2 Å². The van der Waals surface area contributed by atoms with Gasteiger partial charge < -0.3 is 19.9 Å². The van der Waals surface area contributed by atoms with E-state index in [9.17, 15) is 5.11 Å². The highest BCUT2D eigenvalue weighted by Crippen LogP contribution is 2.29. The van der Waals surface area contributed by atoms with Crippen molar-refractivity contribution < 1.29 is 19.7 Å². The number of fused-ring (bicyclic) bond motifs is 1. The van der Waals surface area contributed by atoms with Gasteiger partial charge in [-0.2, -0.15) is 0 Å². The SMILES string of the molecule is COc1ccc(-c2nccn2-c2ccc3nc(CO)[nH]c3c2)cc1CN1CCCC1.O=CO. The number of H-pyrrole nitrogens is 1. The average Bonchev–Trinajstić information content (AvgIpc) is 3.59. The molecule has 0 bridgehead atoms. The van der Waals surface area contributed by atoms with Crippen molar-refractivity contribution in [2.75, 3.05) is 20.2 Å². The number of imidazole rings is 2. The highest BCUT2D eigenvalue weighted by molar-refractivity contribution is 5.78. The molecule has 172 valence electrons. The number of likely N-dealkylation sites (tertiary alicyclic amines) is 1. The summed E-state index contributed by atoms with van der Waals surface area (Å²) in [5.74, 6) is 2.36. The van der Waals surface area contributed by atoms with Crippen molar-refractivity contribution in [1.82, 2.24) is 24.4 Å². The first-order valence-electron chi connectivity index (χ1n) is 10.8. The van der Waals surface area contributed by atoms with Crippen molar-refractivity contribution in [2.45, 2.75) is 26.0 Å². The molecule has 4 aromatic rings. The summed E-state index contributed by atoms with van der Waals surface area (Å²) in [6.45, 7) is 2.82. The monoisotopic (exact) mass is 449 g/mol. The lowest BCUT2D eigenvalue weighted by molar-refractivity contribution is -0.122. The molecule has 0 aliphatic carbocycles. The van der Waals surface area contributed by atoms with Crippen LogP contribution in [0.2, 0.25) is 0 Å². The molecule has 0 atom stereocenters. The highest BCUT2D eigenvalue weighted by atomic mass is 16.5. The van der Waals surface area contributed by atoms with Crippen molar-refractivity contribution in [3.05, 3.63) is 60.2 Å². The molecule has 3 heterocycles. The summed E-state index contributed by atoms with van der Waals surface area (Å²) in [6.07, 6.45) is 6.31. The Morgan fingerprint density at radius 1 is 1.18 bits per heavy atom. The molecule has 0 spiro atoms. The second-order valence-corrected chi connectivity index (χ2v) is 7.78. The quantitative estimate of drug-likeness (QED) is 0.387. The van der Waals surface area contributed by atoms with E-state index in [1.54, 1.807) is 7.11 Å². The first-order chi connectivity index (χ1) is 16.2. The van der Waals surface area contributed by atoms with E-state index in [-0.39, 0.29) is 13.1 Å². The minimum Gasteiger partial charge on any atom is -0.496 e. The first kappa shape index (κ1) is 22.5. The van der Waals surface area contributed by atoms with Crippen molar-refractivity contribution in [3.8, 4) is 22.8 Å². The molecule has 0 unspecified atom stereocenters. The number of hydrogen-bond donors (Lipinski definition) is 3. The number of carboxylic acid groups (broad SMARTS) is 1. The van der Waals surface area contributed by atoms with Crippen LogP contribution in [0.25, 0.3) is 28.1 Å². The Morgan fingerprint density at radius 3 is 2.70 bits per heavy atom. The molecule has 2 aromatic heterocycles. The molecule has 1 aliphatic heterocycles. The van der Waals surface area contributed by atoms with E-state index in [2.05, 4.69) is 36.6 Å². The van der Waals surface area contributed by atoms with Crippen LogP contribution in [-0.4, -0.2) is 61.3 Å². The van der Waals surface area contributed by atoms with Gasteiger partial charge in [0.1, 0.15) is 24.0 Å². The van der Waals surface area contributed by atoms with Gasteiger partial charge in [0, 0.05) is 35.8 Å².